The number of carbonyl (C=O) groups excluding carboxylic acids is 1. The molecule has 33 heavy (non-hydrogen) atoms. The van der Waals surface area contributed by atoms with Gasteiger partial charge in [-0.15, -0.1) is 0 Å². The van der Waals surface area contributed by atoms with Crippen LogP contribution in [-0.4, -0.2) is 30.6 Å². The van der Waals surface area contributed by atoms with Gasteiger partial charge in [-0.05, 0) is 48.6 Å². The van der Waals surface area contributed by atoms with Gasteiger partial charge < -0.3 is 14.6 Å². The Labute approximate surface area is 189 Å². The molecule has 8 heteroatoms. The summed E-state index contributed by atoms with van der Waals surface area (Å²) in [6.45, 7) is 0. The predicted octanol–water partition coefficient (Wildman–Crippen LogP) is 4.91. The van der Waals surface area contributed by atoms with Crippen LogP contribution in [0.5, 0.6) is 11.5 Å². The summed E-state index contributed by atoms with van der Waals surface area (Å²) >= 11 is 0. The SMILES string of the molecule is Cn1ccnc1C(=O)Nc1cccc(Oc2ccc3c(C=Cc4ccccn4)n[nH]c3c2)c1. The molecule has 3 heterocycles. The fourth-order valence-electron chi connectivity index (χ4n) is 3.39. The van der Waals surface area contributed by atoms with Crippen LogP contribution in [0.1, 0.15) is 22.0 Å². The molecule has 0 spiro atoms. The number of amides is 1. The minimum absolute atomic E-state index is 0.287. The van der Waals surface area contributed by atoms with Gasteiger partial charge in [-0.25, -0.2) is 4.98 Å². The number of anilines is 1. The number of hydrogen-bond acceptors (Lipinski definition) is 5. The molecule has 0 aliphatic carbocycles. The molecule has 1 amide bonds. The monoisotopic (exact) mass is 436 g/mol. The Hall–Kier alpha value is -4.72. The van der Waals surface area contributed by atoms with Crippen molar-refractivity contribution < 1.29 is 9.53 Å². The summed E-state index contributed by atoms with van der Waals surface area (Å²) in [4.78, 5) is 20.8. The number of ether oxygens (including phenoxy) is 1. The molecule has 0 aliphatic rings. The van der Waals surface area contributed by atoms with E-state index in [-0.39, 0.29) is 5.91 Å². The topological polar surface area (TPSA) is 97.7 Å². The summed E-state index contributed by atoms with van der Waals surface area (Å²) in [7, 11) is 1.77. The highest BCUT2D eigenvalue weighted by atomic mass is 16.5. The Morgan fingerprint density at radius 2 is 1.91 bits per heavy atom. The zero-order valence-electron chi connectivity index (χ0n) is 17.8. The van der Waals surface area contributed by atoms with Crippen molar-refractivity contribution in [2.45, 2.75) is 0 Å². The number of aromatic amines is 1. The standard InChI is InChI=1S/C25H20N6O2/c1-31-14-13-27-24(31)25(32)28-18-6-4-7-19(15-18)33-20-9-10-21-22(29-30-23(21)16-20)11-8-17-5-2-3-12-26-17/h2-16H,1H3,(H,28,32)(H,29,30). The molecule has 2 N–H and O–H groups in total. The van der Waals surface area contributed by atoms with Crippen molar-refractivity contribution in [3.63, 3.8) is 0 Å². The Bertz CT molecular complexity index is 1450. The van der Waals surface area contributed by atoms with Crippen molar-refractivity contribution >= 4 is 34.6 Å². The van der Waals surface area contributed by atoms with Crippen molar-refractivity contribution in [3.8, 4) is 11.5 Å². The molecule has 5 aromatic rings. The second-order valence-electron chi connectivity index (χ2n) is 7.35. The lowest BCUT2D eigenvalue weighted by Crippen LogP contribution is -2.16. The molecule has 0 bridgehead atoms. The van der Waals surface area contributed by atoms with Crippen molar-refractivity contribution in [2.75, 3.05) is 5.32 Å². The molecular formula is C25H20N6O2. The van der Waals surface area contributed by atoms with Crippen molar-refractivity contribution in [2.24, 2.45) is 7.05 Å². The first kappa shape index (κ1) is 20.2. The molecule has 8 nitrogen and oxygen atoms in total. The molecule has 0 saturated carbocycles. The fraction of sp³-hybridized carbons (Fsp3) is 0.0400. The lowest BCUT2D eigenvalue weighted by molar-refractivity contribution is 0.101. The van der Waals surface area contributed by atoms with E-state index in [1.54, 1.807) is 42.3 Å². The van der Waals surface area contributed by atoms with Gasteiger partial charge in [-0.2, -0.15) is 5.10 Å². The van der Waals surface area contributed by atoms with Gasteiger partial charge in [-0.3, -0.25) is 14.9 Å². The van der Waals surface area contributed by atoms with Crippen LogP contribution in [0, 0.1) is 0 Å². The number of imidazole rings is 1. The van der Waals surface area contributed by atoms with E-state index in [9.17, 15) is 4.79 Å². The van der Waals surface area contributed by atoms with Crippen LogP contribution in [0.4, 0.5) is 5.69 Å². The number of aromatic nitrogens is 5. The normalized spacial score (nSPS) is 11.2. The lowest BCUT2D eigenvalue weighted by atomic mass is 10.2. The first-order chi connectivity index (χ1) is 16.2. The lowest BCUT2D eigenvalue weighted by Gasteiger charge is -2.09. The summed E-state index contributed by atoms with van der Waals surface area (Å²) in [5.74, 6) is 1.30. The Kier molecular flexibility index (Phi) is 5.38. The van der Waals surface area contributed by atoms with Crippen LogP contribution >= 0.6 is 0 Å². The first-order valence-electron chi connectivity index (χ1n) is 10.3. The predicted molar refractivity (Wildman–Crippen MR) is 127 cm³/mol. The van der Waals surface area contributed by atoms with Crippen LogP contribution in [0.25, 0.3) is 23.1 Å². The van der Waals surface area contributed by atoms with Crippen molar-refractivity contribution in [1.29, 1.82) is 0 Å². The average Bonchev–Trinajstić information content (AvgIpc) is 3.44. The van der Waals surface area contributed by atoms with Gasteiger partial charge in [0.2, 0.25) is 0 Å². The molecule has 0 unspecified atom stereocenters. The highest BCUT2D eigenvalue weighted by Gasteiger charge is 2.12. The van der Waals surface area contributed by atoms with Crippen LogP contribution < -0.4 is 10.1 Å². The average molecular weight is 436 g/mol. The number of carbonyl (C=O) groups is 1. The molecule has 2 aromatic carbocycles. The maximum Gasteiger partial charge on any atom is 0.291 e. The van der Waals surface area contributed by atoms with E-state index in [0.717, 1.165) is 22.3 Å². The van der Waals surface area contributed by atoms with Gasteiger partial charge in [0, 0.05) is 48.8 Å². The molecule has 5 rings (SSSR count). The van der Waals surface area contributed by atoms with Gasteiger partial charge in [0.1, 0.15) is 11.5 Å². The number of benzene rings is 2. The second kappa shape index (κ2) is 8.80. The van der Waals surface area contributed by atoms with Gasteiger partial charge in [0.25, 0.3) is 5.91 Å². The van der Waals surface area contributed by atoms with E-state index < -0.39 is 0 Å². The summed E-state index contributed by atoms with van der Waals surface area (Å²) in [6, 6.07) is 18.7. The number of pyridine rings is 1. The third-order valence-corrected chi connectivity index (χ3v) is 5.02. The van der Waals surface area contributed by atoms with Crippen LogP contribution in [0.3, 0.4) is 0 Å². The molecule has 0 radical (unpaired) electrons. The maximum absolute atomic E-state index is 12.4. The summed E-state index contributed by atoms with van der Waals surface area (Å²) < 4.78 is 7.68. The highest BCUT2D eigenvalue weighted by Crippen LogP contribution is 2.28. The molecule has 0 atom stereocenters. The van der Waals surface area contributed by atoms with Gasteiger partial charge in [-0.1, -0.05) is 12.1 Å². The van der Waals surface area contributed by atoms with Crippen LogP contribution in [0.15, 0.2) is 79.3 Å². The number of aryl methyl sites for hydroxylation is 1. The summed E-state index contributed by atoms with van der Waals surface area (Å²) in [5, 5.41) is 11.2. The van der Waals surface area contributed by atoms with Gasteiger partial charge in [0.05, 0.1) is 16.9 Å². The molecule has 162 valence electrons. The zero-order valence-corrected chi connectivity index (χ0v) is 17.8. The van der Waals surface area contributed by atoms with E-state index in [4.69, 9.17) is 4.74 Å². The minimum atomic E-state index is -0.287. The Balaban J connectivity index is 1.31. The third kappa shape index (κ3) is 4.49. The van der Waals surface area contributed by atoms with Crippen molar-refractivity contribution in [3.05, 3.63) is 96.5 Å². The number of fused-ring (bicyclic) bond motifs is 1. The van der Waals surface area contributed by atoms with E-state index in [1.807, 2.05) is 60.7 Å². The van der Waals surface area contributed by atoms with Gasteiger partial charge >= 0.3 is 0 Å². The summed E-state index contributed by atoms with van der Waals surface area (Å²) in [6.07, 6.45) is 8.91. The maximum atomic E-state index is 12.4. The summed E-state index contributed by atoms with van der Waals surface area (Å²) in [5.41, 5.74) is 3.15. The van der Waals surface area contributed by atoms with Crippen LogP contribution in [0.2, 0.25) is 0 Å². The number of H-pyrrole nitrogens is 1. The fourth-order valence-corrected chi connectivity index (χ4v) is 3.39. The number of nitrogens with one attached hydrogen (secondary N) is 2. The van der Waals surface area contributed by atoms with E-state index in [1.165, 1.54) is 0 Å². The van der Waals surface area contributed by atoms with E-state index >= 15 is 0 Å². The zero-order chi connectivity index (χ0) is 22.6. The molecule has 0 aliphatic heterocycles. The quantitative estimate of drug-likeness (QED) is 0.394. The van der Waals surface area contributed by atoms with E-state index in [2.05, 4.69) is 25.5 Å². The molecular weight excluding hydrogens is 416 g/mol. The Morgan fingerprint density at radius 3 is 2.73 bits per heavy atom. The molecule has 0 saturated heterocycles. The number of hydrogen-bond donors (Lipinski definition) is 2. The van der Waals surface area contributed by atoms with Crippen LogP contribution in [-0.2, 0) is 7.05 Å². The van der Waals surface area contributed by atoms with E-state index in [0.29, 0.717) is 23.0 Å². The largest absolute Gasteiger partial charge is 0.457 e. The first-order valence-corrected chi connectivity index (χ1v) is 10.3. The number of nitrogens with zero attached hydrogens (tertiary/aromatic N) is 4. The highest BCUT2D eigenvalue weighted by molar-refractivity contribution is 6.01. The molecule has 0 fully saturated rings. The molecule has 3 aromatic heterocycles. The second-order valence-corrected chi connectivity index (χ2v) is 7.35. The Morgan fingerprint density at radius 1 is 1.00 bits per heavy atom. The minimum Gasteiger partial charge on any atom is -0.457 e. The van der Waals surface area contributed by atoms with Crippen molar-refractivity contribution in [1.82, 2.24) is 24.7 Å². The smallest absolute Gasteiger partial charge is 0.291 e. The number of rotatable bonds is 6. The van der Waals surface area contributed by atoms with Gasteiger partial charge in [0.15, 0.2) is 5.82 Å². The third-order valence-electron chi connectivity index (χ3n) is 5.02.